The quantitative estimate of drug-likeness (QED) is 0.771. The van der Waals surface area contributed by atoms with E-state index in [4.69, 9.17) is 16.5 Å². The first-order chi connectivity index (χ1) is 10.7. The number of rotatable bonds is 4. The number of nitrogens with zero attached hydrogens (tertiary/aromatic N) is 3. The second kappa shape index (κ2) is 6.17. The molecule has 5 nitrogen and oxygen atoms in total. The van der Waals surface area contributed by atoms with Crippen molar-refractivity contribution in [1.82, 2.24) is 15.0 Å². The van der Waals surface area contributed by atoms with E-state index in [1.165, 1.54) is 0 Å². The maximum Gasteiger partial charge on any atom is 0.0714 e. The zero-order valence-corrected chi connectivity index (χ0v) is 12.5. The van der Waals surface area contributed by atoms with Crippen LogP contribution in [0.15, 0.2) is 49.1 Å². The molecule has 3 rings (SSSR count). The van der Waals surface area contributed by atoms with E-state index in [1.807, 2.05) is 37.4 Å². The van der Waals surface area contributed by atoms with Gasteiger partial charge in [0.15, 0.2) is 0 Å². The van der Waals surface area contributed by atoms with E-state index in [9.17, 15) is 0 Å². The van der Waals surface area contributed by atoms with Gasteiger partial charge in [-0.05, 0) is 30.7 Å². The summed E-state index contributed by atoms with van der Waals surface area (Å²) in [5.74, 6) is 0. The molecular formula is C17H19N5. The van der Waals surface area contributed by atoms with Crippen molar-refractivity contribution in [2.24, 2.45) is 11.5 Å². The smallest absolute Gasteiger partial charge is 0.0714 e. The van der Waals surface area contributed by atoms with Crippen LogP contribution in [0.4, 0.5) is 0 Å². The predicted molar refractivity (Wildman–Crippen MR) is 88.0 cm³/mol. The lowest BCUT2D eigenvalue weighted by atomic mass is 9.98. The molecule has 3 aromatic heterocycles. The largest absolute Gasteiger partial charge is 0.326 e. The van der Waals surface area contributed by atoms with Crippen molar-refractivity contribution < 1.29 is 0 Å². The Balaban J connectivity index is 2.21. The molecule has 0 saturated heterocycles. The number of nitrogens with two attached hydrogens (primary N) is 2. The van der Waals surface area contributed by atoms with E-state index in [1.54, 1.807) is 18.6 Å². The molecule has 3 heterocycles. The van der Waals surface area contributed by atoms with Gasteiger partial charge in [0.25, 0.3) is 0 Å². The number of pyridine rings is 3. The zero-order valence-electron chi connectivity index (χ0n) is 12.5. The Morgan fingerprint density at radius 2 is 1.77 bits per heavy atom. The van der Waals surface area contributed by atoms with Gasteiger partial charge < -0.3 is 11.5 Å². The Labute approximate surface area is 129 Å². The van der Waals surface area contributed by atoms with Gasteiger partial charge in [0.1, 0.15) is 0 Å². The van der Waals surface area contributed by atoms with Crippen molar-refractivity contribution in [1.29, 1.82) is 0 Å². The fourth-order valence-electron chi connectivity index (χ4n) is 2.51. The van der Waals surface area contributed by atoms with Gasteiger partial charge in [-0.15, -0.1) is 0 Å². The third-order valence-electron chi connectivity index (χ3n) is 3.89. The molecule has 2 atom stereocenters. The van der Waals surface area contributed by atoms with Crippen LogP contribution in [0.3, 0.4) is 0 Å². The van der Waals surface area contributed by atoms with Crippen molar-refractivity contribution in [3.8, 4) is 11.3 Å². The highest BCUT2D eigenvalue weighted by molar-refractivity contribution is 5.87. The molecule has 5 heteroatoms. The van der Waals surface area contributed by atoms with Crippen LogP contribution in [0.2, 0.25) is 0 Å². The van der Waals surface area contributed by atoms with Gasteiger partial charge in [0, 0.05) is 47.2 Å². The van der Waals surface area contributed by atoms with E-state index in [-0.39, 0.29) is 12.1 Å². The van der Waals surface area contributed by atoms with E-state index in [0.29, 0.717) is 0 Å². The Hall–Kier alpha value is -2.37. The first kappa shape index (κ1) is 14.6. The fourth-order valence-corrected chi connectivity index (χ4v) is 2.51. The van der Waals surface area contributed by atoms with Gasteiger partial charge in [-0.1, -0.05) is 6.92 Å². The predicted octanol–water partition coefficient (Wildman–Crippen LogP) is 2.43. The van der Waals surface area contributed by atoms with E-state index in [2.05, 4.69) is 9.97 Å². The molecule has 0 aromatic carbocycles. The van der Waals surface area contributed by atoms with Crippen LogP contribution < -0.4 is 11.5 Å². The molecule has 0 spiro atoms. The molecule has 0 bridgehead atoms. The summed E-state index contributed by atoms with van der Waals surface area (Å²) in [5, 5.41) is 2.02. The Morgan fingerprint density at radius 3 is 2.50 bits per heavy atom. The standard InChI is InChI=1S/C17H19N5/c1-2-14(18)16(19)17-13-5-8-21-10-12(13)9-15(22-17)11-3-6-20-7-4-11/h3-10,14,16H,2,18-19H2,1H3. The normalized spacial score (nSPS) is 14.0. The topological polar surface area (TPSA) is 90.7 Å². The first-order valence-corrected chi connectivity index (χ1v) is 7.37. The average Bonchev–Trinajstić information content (AvgIpc) is 2.60. The third kappa shape index (κ3) is 2.68. The summed E-state index contributed by atoms with van der Waals surface area (Å²) < 4.78 is 0. The molecule has 4 N–H and O–H groups in total. The number of hydrogen-bond acceptors (Lipinski definition) is 5. The number of hydrogen-bond donors (Lipinski definition) is 2. The number of fused-ring (bicyclic) bond motifs is 1. The van der Waals surface area contributed by atoms with Gasteiger partial charge in [-0.25, -0.2) is 0 Å². The summed E-state index contributed by atoms with van der Waals surface area (Å²) in [6.07, 6.45) is 7.89. The molecule has 0 amide bonds. The second-order valence-corrected chi connectivity index (χ2v) is 5.32. The van der Waals surface area contributed by atoms with Crippen molar-refractivity contribution in [3.05, 3.63) is 54.7 Å². The lowest BCUT2D eigenvalue weighted by molar-refractivity contribution is 0.526. The Kier molecular flexibility index (Phi) is 4.09. The van der Waals surface area contributed by atoms with Crippen LogP contribution in [0.5, 0.6) is 0 Å². The molecule has 0 saturated carbocycles. The van der Waals surface area contributed by atoms with Crippen LogP contribution in [0.1, 0.15) is 25.1 Å². The fraction of sp³-hybridized carbons (Fsp3) is 0.235. The van der Waals surface area contributed by atoms with Crippen molar-refractivity contribution in [3.63, 3.8) is 0 Å². The Bertz CT molecular complexity index is 772. The van der Waals surface area contributed by atoms with E-state index >= 15 is 0 Å². The minimum atomic E-state index is -0.309. The van der Waals surface area contributed by atoms with Crippen LogP contribution >= 0.6 is 0 Å². The highest BCUT2D eigenvalue weighted by atomic mass is 14.9. The molecule has 0 aliphatic rings. The van der Waals surface area contributed by atoms with Crippen molar-refractivity contribution >= 4 is 10.8 Å². The van der Waals surface area contributed by atoms with Crippen LogP contribution in [0.25, 0.3) is 22.0 Å². The van der Waals surface area contributed by atoms with Gasteiger partial charge in [0.05, 0.1) is 17.4 Å². The SMILES string of the molecule is CCC(N)C(N)c1nc(-c2ccncc2)cc2cnccc12. The van der Waals surface area contributed by atoms with Crippen molar-refractivity contribution in [2.75, 3.05) is 0 Å². The van der Waals surface area contributed by atoms with Crippen LogP contribution in [-0.2, 0) is 0 Å². The lowest BCUT2D eigenvalue weighted by Gasteiger charge is -2.20. The molecule has 3 aromatic rings. The summed E-state index contributed by atoms with van der Waals surface area (Å²) in [6, 6.07) is 7.38. The van der Waals surface area contributed by atoms with Gasteiger partial charge >= 0.3 is 0 Å². The maximum absolute atomic E-state index is 6.34. The van der Waals surface area contributed by atoms with E-state index < -0.39 is 0 Å². The molecule has 2 unspecified atom stereocenters. The van der Waals surface area contributed by atoms with Gasteiger partial charge in [-0.3, -0.25) is 15.0 Å². The third-order valence-corrected chi connectivity index (χ3v) is 3.89. The first-order valence-electron chi connectivity index (χ1n) is 7.37. The monoisotopic (exact) mass is 293 g/mol. The van der Waals surface area contributed by atoms with Crippen LogP contribution in [0, 0.1) is 0 Å². The molecule has 0 aliphatic heterocycles. The molecule has 112 valence electrons. The molecule has 0 radical (unpaired) electrons. The molecule has 0 fully saturated rings. The van der Waals surface area contributed by atoms with Gasteiger partial charge in [0.2, 0.25) is 0 Å². The Morgan fingerprint density at radius 1 is 1.05 bits per heavy atom. The summed E-state index contributed by atoms with van der Waals surface area (Å²) >= 11 is 0. The van der Waals surface area contributed by atoms with Gasteiger partial charge in [-0.2, -0.15) is 0 Å². The summed E-state index contributed by atoms with van der Waals surface area (Å²) in [6.45, 7) is 2.03. The minimum absolute atomic E-state index is 0.128. The maximum atomic E-state index is 6.34. The number of aromatic nitrogens is 3. The van der Waals surface area contributed by atoms with E-state index in [0.717, 1.165) is 34.1 Å². The summed E-state index contributed by atoms with van der Waals surface area (Å²) in [7, 11) is 0. The zero-order chi connectivity index (χ0) is 15.5. The average molecular weight is 293 g/mol. The summed E-state index contributed by atoms with van der Waals surface area (Å²) in [5.41, 5.74) is 15.2. The van der Waals surface area contributed by atoms with Crippen molar-refractivity contribution in [2.45, 2.75) is 25.4 Å². The highest BCUT2D eigenvalue weighted by Gasteiger charge is 2.19. The highest BCUT2D eigenvalue weighted by Crippen LogP contribution is 2.28. The molecular weight excluding hydrogens is 274 g/mol. The second-order valence-electron chi connectivity index (χ2n) is 5.32. The molecule has 22 heavy (non-hydrogen) atoms. The molecule has 0 aliphatic carbocycles. The lowest BCUT2D eigenvalue weighted by Crippen LogP contribution is -2.34. The summed E-state index contributed by atoms with van der Waals surface area (Å²) in [4.78, 5) is 13.0. The van der Waals surface area contributed by atoms with Crippen LogP contribution in [-0.4, -0.2) is 21.0 Å². The minimum Gasteiger partial charge on any atom is -0.326 e.